The van der Waals surface area contributed by atoms with Crippen molar-refractivity contribution < 1.29 is 14.3 Å². The monoisotopic (exact) mass is 345 g/mol. The fourth-order valence-corrected chi connectivity index (χ4v) is 3.52. The lowest BCUT2D eigenvalue weighted by molar-refractivity contribution is -0.00293. The van der Waals surface area contributed by atoms with Gasteiger partial charge in [-0.3, -0.25) is 9.69 Å². The SMILES string of the molecule is C[C@@H]1CCCC[C@@H]1OCCNC(=O)c1ccc(N2CCNC2=O)cc1. The van der Waals surface area contributed by atoms with Gasteiger partial charge in [-0.05, 0) is 43.0 Å². The largest absolute Gasteiger partial charge is 0.376 e. The van der Waals surface area contributed by atoms with Gasteiger partial charge in [-0.2, -0.15) is 0 Å². The maximum absolute atomic E-state index is 12.2. The minimum Gasteiger partial charge on any atom is -0.376 e. The molecule has 1 aromatic carbocycles. The third kappa shape index (κ3) is 4.51. The van der Waals surface area contributed by atoms with Gasteiger partial charge in [-0.15, -0.1) is 0 Å². The summed E-state index contributed by atoms with van der Waals surface area (Å²) in [5.74, 6) is 0.498. The van der Waals surface area contributed by atoms with Gasteiger partial charge in [0, 0.05) is 30.9 Å². The molecule has 6 nitrogen and oxygen atoms in total. The van der Waals surface area contributed by atoms with E-state index in [1.807, 2.05) is 0 Å². The summed E-state index contributed by atoms with van der Waals surface area (Å²) in [4.78, 5) is 25.5. The van der Waals surface area contributed by atoms with E-state index in [-0.39, 0.29) is 11.9 Å². The third-order valence-corrected chi connectivity index (χ3v) is 5.05. The van der Waals surface area contributed by atoms with Crippen LogP contribution < -0.4 is 15.5 Å². The number of nitrogens with zero attached hydrogens (tertiary/aromatic N) is 1. The molecule has 136 valence electrons. The highest BCUT2D eigenvalue weighted by Crippen LogP contribution is 2.26. The maximum atomic E-state index is 12.2. The third-order valence-electron chi connectivity index (χ3n) is 5.05. The molecule has 0 aromatic heterocycles. The highest BCUT2D eigenvalue weighted by Gasteiger charge is 2.22. The molecule has 0 bridgehead atoms. The Labute approximate surface area is 148 Å². The molecule has 1 saturated heterocycles. The van der Waals surface area contributed by atoms with Gasteiger partial charge in [-0.25, -0.2) is 4.79 Å². The first-order valence-electron chi connectivity index (χ1n) is 9.20. The normalized spacial score (nSPS) is 23.4. The van der Waals surface area contributed by atoms with Gasteiger partial charge in [0.1, 0.15) is 0 Å². The van der Waals surface area contributed by atoms with Crippen LogP contribution in [0.4, 0.5) is 10.5 Å². The minimum atomic E-state index is -0.113. The average molecular weight is 345 g/mol. The van der Waals surface area contributed by atoms with Crippen molar-refractivity contribution in [2.75, 3.05) is 31.1 Å². The molecule has 0 unspecified atom stereocenters. The summed E-state index contributed by atoms with van der Waals surface area (Å²) < 4.78 is 5.91. The van der Waals surface area contributed by atoms with Gasteiger partial charge < -0.3 is 15.4 Å². The van der Waals surface area contributed by atoms with E-state index in [1.54, 1.807) is 29.2 Å². The van der Waals surface area contributed by atoms with E-state index < -0.39 is 0 Å². The van der Waals surface area contributed by atoms with E-state index >= 15 is 0 Å². The second kappa shape index (κ2) is 8.34. The molecule has 2 atom stereocenters. The Kier molecular flexibility index (Phi) is 5.91. The summed E-state index contributed by atoms with van der Waals surface area (Å²) in [5.41, 5.74) is 1.40. The summed E-state index contributed by atoms with van der Waals surface area (Å²) in [5, 5.41) is 5.66. The number of hydrogen-bond donors (Lipinski definition) is 2. The zero-order valence-corrected chi connectivity index (χ0v) is 14.8. The first kappa shape index (κ1) is 17.7. The van der Waals surface area contributed by atoms with Crippen molar-refractivity contribution in [2.24, 2.45) is 5.92 Å². The van der Waals surface area contributed by atoms with Gasteiger partial charge in [0.05, 0.1) is 12.7 Å². The Hall–Kier alpha value is -2.08. The molecule has 2 fully saturated rings. The lowest BCUT2D eigenvalue weighted by Crippen LogP contribution is -2.32. The van der Waals surface area contributed by atoms with Gasteiger partial charge in [-0.1, -0.05) is 19.8 Å². The second-order valence-corrected chi connectivity index (χ2v) is 6.86. The van der Waals surface area contributed by atoms with Crippen LogP contribution in [0.3, 0.4) is 0 Å². The van der Waals surface area contributed by atoms with E-state index in [0.717, 1.165) is 12.1 Å². The quantitative estimate of drug-likeness (QED) is 0.779. The molecule has 25 heavy (non-hydrogen) atoms. The maximum Gasteiger partial charge on any atom is 0.321 e. The van der Waals surface area contributed by atoms with Crippen molar-refractivity contribution in [3.8, 4) is 0 Å². The number of urea groups is 1. The summed E-state index contributed by atoms with van der Waals surface area (Å²) in [6, 6.07) is 7.02. The van der Waals surface area contributed by atoms with E-state index in [2.05, 4.69) is 17.6 Å². The Morgan fingerprint density at radius 1 is 1.28 bits per heavy atom. The highest BCUT2D eigenvalue weighted by atomic mass is 16.5. The smallest absolute Gasteiger partial charge is 0.321 e. The summed E-state index contributed by atoms with van der Waals surface area (Å²) in [7, 11) is 0. The zero-order valence-electron chi connectivity index (χ0n) is 14.8. The predicted octanol–water partition coefficient (Wildman–Crippen LogP) is 2.54. The summed E-state index contributed by atoms with van der Waals surface area (Å²) >= 11 is 0. The van der Waals surface area contributed by atoms with E-state index in [4.69, 9.17) is 4.74 Å². The topological polar surface area (TPSA) is 70.7 Å². The first-order valence-corrected chi connectivity index (χ1v) is 9.20. The Bertz CT molecular complexity index is 602. The average Bonchev–Trinajstić information content (AvgIpc) is 3.06. The van der Waals surface area contributed by atoms with Gasteiger partial charge >= 0.3 is 6.03 Å². The zero-order chi connectivity index (χ0) is 17.6. The molecular formula is C19H27N3O3. The minimum absolute atomic E-state index is 0.0914. The van der Waals surface area contributed by atoms with Crippen LogP contribution in [-0.4, -0.2) is 44.3 Å². The Morgan fingerprint density at radius 3 is 2.72 bits per heavy atom. The molecule has 1 aromatic rings. The standard InChI is InChI=1S/C19H27N3O3/c1-14-4-2-3-5-17(14)25-13-11-20-18(23)15-6-8-16(9-7-15)22-12-10-21-19(22)24/h6-9,14,17H,2-5,10-13H2,1H3,(H,20,23)(H,21,24)/t14-,17+/m1/s1. The van der Waals surface area contributed by atoms with Crippen LogP contribution in [0.25, 0.3) is 0 Å². The molecule has 6 heteroatoms. The van der Waals surface area contributed by atoms with Crippen LogP contribution in [0, 0.1) is 5.92 Å². The molecule has 0 spiro atoms. The van der Waals surface area contributed by atoms with Crippen LogP contribution in [0.15, 0.2) is 24.3 Å². The number of ether oxygens (including phenoxy) is 1. The molecule has 1 aliphatic carbocycles. The van der Waals surface area contributed by atoms with Crippen LogP contribution >= 0.6 is 0 Å². The molecular weight excluding hydrogens is 318 g/mol. The Morgan fingerprint density at radius 2 is 2.04 bits per heavy atom. The number of rotatable bonds is 6. The fourth-order valence-electron chi connectivity index (χ4n) is 3.52. The second-order valence-electron chi connectivity index (χ2n) is 6.86. The molecule has 3 rings (SSSR count). The number of amides is 3. The molecule has 1 saturated carbocycles. The van der Waals surface area contributed by atoms with Gasteiger partial charge in [0.15, 0.2) is 0 Å². The highest BCUT2D eigenvalue weighted by molar-refractivity contribution is 5.96. The number of carbonyl (C=O) groups excluding carboxylic acids is 2. The number of anilines is 1. The van der Waals surface area contributed by atoms with Crippen LogP contribution in [0.1, 0.15) is 43.0 Å². The summed E-state index contributed by atoms with van der Waals surface area (Å²) in [6.45, 7) is 4.61. The lowest BCUT2D eigenvalue weighted by atomic mass is 9.88. The molecule has 2 aliphatic rings. The van der Waals surface area contributed by atoms with Crippen LogP contribution in [-0.2, 0) is 4.74 Å². The van der Waals surface area contributed by atoms with Crippen LogP contribution in [0.5, 0.6) is 0 Å². The van der Waals surface area contributed by atoms with Crippen molar-refractivity contribution in [1.29, 1.82) is 0 Å². The van der Waals surface area contributed by atoms with E-state index in [0.29, 0.717) is 43.8 Å². The van der Waals surface area contributed by atoms with Gasteiger partial charge in [0.2, 0.25) is 0 Å². The fraction of sp³-hybridized carbons (Fsp3) is 0.579. The van der Waals surface area contributed by atoms with E-state index in [9.17, 15) is 9.59 Å². The molecule has 3 amide bonds. The predicted molar refractivity (Wildman–Crippen MR) is 96.9 cm³/mol. The molecule has 1 heterocycles. The number of benzene rings is 1. The lowest BCUT2D eigenvalue weighted by Gasteiger charge is -2.28. The van der Waals surface area contributed by atoms with Crippen LogP contribution in [0.2, 0.25) is 0 Å². The first-order chi connectivity index (χ1) is 12.1. The number of hydrogen-bond acceptors (Lipinski definition) is 3. The Balaban J connectivity index is 1.43. The summed E-state index contributed by atoms with van der Waals surface area (Å²) in [6.07, 6.45) is 5.23. The van der Waals surface area contributed by atoms with Gasteiger partial charge in [0.25, 0.3) is 5.91 Å². The molecule has 1 aliphatic heterocycles. The van der Waals surface area contributed by atoms with E-state index in [1.165, 1.54) is 19.3 Å². The molecule has 0 radical (unpaired) electrons. The van der Waals surface area contributed by atoms with Crippen molar-refractivity contribution in [3.05, 3.63) is 29.8 Å². The number of nitrogens with one attached hydrogen (secondary N) is 2. The number of carbonyl (C=O) groups is 2. The van der Waals surface area contributed by atoms with Crippen molar-refractivity contribution in [1.82, 2.24) is 10.6 Å². The molecule has 2 N–H and O–H groups in total. The van der Waals surface area contributed by atoms with Crippen molar-refractivity contribution >= 4 is 17.6 Å². The van der Waals surface area contributed by atoms with Crippen molar-refractivity contribution in [3.63, 3.8) is 0 Å². The van der Waals surface area contributed by atoms with Crippen molar-refractivity contribution in [2.45, 2.75) is 38.7 Å².